The molecule has 0 spiro atoms. The highest BCUT2D eigenvalue weighted by molar-refractivity contribution is 7.22. The fourth-order valence-electron chi connectivity index (χ4n) is 1.36. The van der Waals surface area contributed by atoms with Gasteiger partial charge in [-0.3, -0.25) is 4.79 Å². The summed E-state index contributed by atoms with van der Waals surface area (Å²) in [6, 6.07) is 3.86. The Kier molecular flexibility index (Phi) is 3.96. The average Bonchev–Trinajstić information content (AvgIpc) is 2.96. The average molecular weight is 296 g/mol. The van der Waals surface area contributed by atoms with Crippen molar-refractivity contribution >= 4 is 34.6 Å². The molecule has 7 heteroatoms. The van der Waals surface area contributed by atoms with Crippen LogP contribution in [0.3, 0.4) is 0 Å². The smallest absolute Gasteiger partial charge is 0.351 e. The van der Waals surface area contributed by atoms with Crippen LogP contribution in [-0.4, -0.2) is 23.0 Å². The fraction of sp³-hybridized carbons (Fsp3) is 0.250. The molecule has 2 N–H and O–H groups in total. The van der Waals surface area contributed by atoms with Crippen LogP contribution in [0.15, 0.2) is 17.5 Å². The van der Waals surface area contributed by atoms with Gasteiger partial charge in [0.25, 0.3) is 5.91 Å². The zero-order valence-corrected chi connectivity index (χ0v) is 12.0. The van der Waals surface area contributed by atoms with Gasteiger partial charge in [-0.2, -0.15) is 0 Å². The van der Waals surface area contributed by atoms with E-state index in [0.29, 0.717) is 10.6 Å². The third kappa shape index (κ3) is 2.99. The molecule has 2 heterocycles. The molecule has 1 unspecified atom stereocenters. The Bertz CT molecular complexity index is 605. The zero-order chi connectivity index (χ0) is 14.0. The van der Waals surface area contributed by atoms with Crippen molar-refractivity contribution in [2.24, 2.45) is 5.73 Å². The van der Waals surface area contributed by atoms with E-state index in [0.717, 1.165) is 9.88 Å². The topological polar surface area (TPSA) is 82.3 Å². The molecule has 0 fully saturated rings. The molecular weight excluding hydrogens is 284 g/mol. The van der Waals surface area contributed by atoms with Gasteiger partial charge in [-0.1, -0.05) is 6.07 Å². The van der Waals surface area contributed by atoms with Gasteiger partial charge < -0.3 is 10.5 Å². The second-order valence-corrected chi connectivity index (χ2v) is 5.81. The van der Waals surface area contributed by atoms with E-state index >= 15 is 0 Å². The maximum absolute atomic E-state index is 11.9. The van der Waals surface area contributed by atoms with Crippen LogP contribution in [0.5, 0.6) is 0 Å². The van der Waals surface area contributed by atoms with Crippen molar-refractivity contribution in [3.05, 3.63) is 28.1 Å². The molecule has 0 saturated carbocycles. The van der Waals surface area contributed by atoms with E-state index in [4.69, 9.17) is 10.5 Å². The highest BCUT2D eigenvalue weighted by atomic mass is 32.1. The molecule has 0 saturated heterocycles. The molecule has 0 radical (unpaired) electrons. The molecule has 0 aliphatic carbocycles. The Morgan fingerprint density at radius 1 is 1.47 bits per heavy atom. The van der Waals surface area contributed by atoms with Crippen LogP contribution < -0.4 is 5.73 Å². The van der Waals surface area contributed by atoms with Crippen LogP contribution in [0.2, 0.25) is 0 Å². The summed E-state index contributed by atoms with van der Waals surface area (Å²) in [5, 5.41) is 2.71. The number of nitrogens with two attached hydrogens (primary N) is 1. The first-order valence-corrected chi connectivity index (χ1v) is 7.20. The first kappa shape index (κ1) is 13.7. The predicted molar refractivity (Wildman–Crippen MR) is 74.2 cm³/mol. The highest BCUT2D eigenvalue weighted by Crippen LogP contribution is 2.31. The van der Waals surface area contributed by atoms with Gasteiger partial charge >= 0.3 is 5.97 Å². The SMILES string of the molecule is Cc1nc(-c2cccs2)sc1C(=O)OC(C)C(N)=O. The molecule has 0 aliphatic heterocycles. The highest BCUT2D eigenvalue weighted by Gasteiger charge is 2.21. The first-order valence-electron chi connectivity index (χ1n) is 5.50. The lowest BCUT2D eigenvalue weighted by atomic mass is 10.3. The van der Waals surface area contributed by atoms with Crippen molar-refractivity contribution in [3.8, 4) is 9.88 Å². The summed E-state index contributed by atoms with van der Waals surface area (Å²) in [6.07, 6.45) is -0.945. The number of aromatic nitrogens is 1. The molecular formula is C12H12N2O3S2. The van der Waals surface area contributed by atoms with Gasteiger partial charge in [-0.05, 0) is 25.3 Å². The molecule has 1 amide bonds. The molecule has 2 aromatic rings. The zero-order valence-electron chi connectivity index (χ0n) is 10.4. The van der Waals surface area contributed by atoms with Crippen molar-refractivity contribution in [2.75, 3.05) is 0 Å². The maximum atomic E-state index is 11.9. The number of nitrogens with zero attached hydrogens (tertiary/aromatic N) is 1. The summed E-state index contributed by atoms with van der Waals surface area (Å²) in [6.45, 7) is 3.18. The first-order chi connectivity index (χ1) is 8.99. The van der Waals surface area contributed by atoms with E-state index in [1.54, 1.807) is 18.3 Å². The van der Waals surface area contributed by atoms with E-state index in [-0.39, 0.29) is 0 Å². The number of esters is 1. The van der Waals surface area contributed by atoms with Crippen LogP contribution in [0.25, 0.3) is 9.88 Å². The Labute approximate surface area is 118 Å². The number of ether oxygens (including phenoxy) is 1. The number of carbonyl (C=O) groups excluding carboxylic acids is 2. The summed E-state index contributed by atoms with van der Waals surface area (Å²) in [5.41, 5.74) is 5.65. The lowest BCUT2D eigenvalue weighted by Crippen LogP contribution is -2.30. The van der Waals surface area contributed by atoms with Crippen LogP contribution in [0.1, 0.15) is 22.3 Å². The van der Waals surface area contributed by atoms with Crippen LogP contribution in [0, 0.1) is 6.92 Å². The lowest BCUT2D eigenvalue weighted by molar-refractivity contribution is -0.125. The number of primary amides is 1. The maximum Gasteiger partial charge on any atom is 0.351 e. The quantitative estimate of drug-likeness (QED) is 0.877. The van der Waals surface area contributed by atoms with Gasteiger partial charge in [0.15, 0.2) is 6.10 Å². The second kappa shape index (κ2) is 5.50. The number of carbonyl (C=O) groups is 2. The Hall–Kier alpha value is -1.73. The molecule has 2 aromatic heterocycles. The lowest BCUT2D eigenvalue weighted by Gasteiger charge is -2.08. The standard InChI is InChI=1S/C12H12N2O3S2/c1-6-9(12(16)17-7(2)10(13)15)19-11(14-6)8-4-3-5-18-8/h3-5,7H,1-2H3,(H2,13,15). The molecule has 0 aromatic carbocycles. The minimum absolute atomic E-state index is 0.400. The Morgan fingerprint density at radius 3 is 2.79 bits per heavy atom. The van der Waals surface area contributed by atoms with Crippen molar-refractivity contribution in [1.82, 2.24) is 4.98 Å². The largest absolute Gasteiger partial charge is 0.448 e. The molecule has 1 atom stereocenters. The van der Waals surface area contributed by atoms with E-state index in [1.165, 1.54) is 18.3 Å². The third-order valence-corrected chi connectivity index (χ3v) is 4.57. The summed E-state index contributed by atoms with van der Waals surface area (Å²) in [7, 11) is 0. The molecule has 5 nitrogen and oxygen atoms in total. The third-order valence-electron chi connectivity index (χ3n) is 2.40. The van der Waals surface area contributed by atoms with Gasteiger partial charge in [0.1, 0.15) is 9.88 Å². The van der Waals surface area contributed by atoms with E-state index in [2.05, 4.69) is 4.98 Å². The minimum atomic E-state index is -0.945. The van der Waals surface area contributed by atoms with E-state index < -0.39 is 18.0 Å². The number of rotatable bonds is 4. The molecule has 19 heavy (non-hydrogen) atoms. The summed E-state index contributed by atoms with van der Waals surface area (Å²) in [4.78, 5) is 28.5. The fourth-order valence-corrected chi connectivity index (χ4v) is 3.11. The summed E-state index contributed by atoms with van der Waals surface area (Å²) in [5.74, 6) is -1.24. The predicted octanol–water partition coefficient (Wildman–Crippen LogP) is 2.21. The number of aryl methyl sites for hydroxylation is 1. The summed E-state index contributed by atoms with van der Waals surface area (Å²) >= 11 is 2.80. The van der Waals surface area contributed by atoms with Gasteiger partial charge in [0.05, 0.1) is 10.6 Å². The van der Waals surface area contributed by atoms with Gasteiger partial charge in [-0.15, -0.1) is 22.7 Å². The van der Waals surface area contributed by atoms with Crippen LogP contribution in [0.4, 0.5) is 0 Å². The second-order valence-electron chi connectivity index (χ2n) is 3.86. The number of hydrogen-bond acceptors (Lipinski definition) is 6. The number of thiazole rings is 1. The van der Waals surface area contributed by atoms with Gasteiger partial charge in [0, 0.05) is 0 Å². The number of hydrogen-bond donors (Lipinski definition) is 1. The van der Waals surface area contributed by atoms with Crippen molar-refractivity contribution < 1.29 is 14.3 Å². The monoisotopic (exact) mass is 296 g/mol. The van der Waals surface area contributed by atoms with Crippen LogP contribution in [-0.2, 0) is 9.53 Å². The Morgan fingerprint density at radius 2 is 2.21 bits per heavy atom. The molecule has 100 valence electrons. The van der Waals surface area contributed by atoms with Gasteiger partial charge in [-0.25, -0.2) is 9.78 Å². The summed E-state index contributed by atoms with van der Waals surface area (Å²) < 4.78 is 4.97. The van der Waals surface area contributed by atoms with Crippen molar-refractivity contribution in [1.29, 1.82) is 0 Å². The number of thiophene rings is 1. The minimum Gasteiger partial charge on any atom is -0.448 e. The van der Waals surface area contributed by atoms with Crippen LogP contribution >= 0.6 is 22.7 Å². The van der Waals surface area contributed by atoms with Gasteiger partial charge in [0.2, 0.25) is 0 Å². The molecule has 0 aliphatic rings. The molecule has 0 bridgehead atoms. The molecule has 2 rings (SSSR count). The normalized spacial score (nSPS) is 12.1. The van der Waals surface area contributed by atoms with E-state index in [9.17, 15) is 9.59 Å². The van der Waals surface area contributed by atoms with E-state index in [1.807, 2.05) is 17.5 Å². The number of amides is 1. The Balaban J connectivity index is 2.21. The van der Waals surface area contributed by atoms with Crippen molar-refractivity contribution in [3.63, 3.8) is 0 Å². The van der Waals surface area contributed by atoms with Crippen molar-refractivity contribution in [2.45, 2.75) is 20.0 Å².